The lowest BCUT2D eigenvalue weighted by molar-refractivity contribution is 0.369. The first-order valence-corrected chi connectivity index (χ1v) is 11.7. The van der Waals surface area contributed by atoms with Gasteiger partial charge in [0.15, 0.2) is 0 Å². The molecule has 0 bridgehead atoms. The molecule has 2 N–H and O–H groups in total. The van der Waals surface area contributed by atoms with Crippen LogP contribution in [0.4, 0.5) is 0 Å². The van der Waals surface area contributed by atoms with Crippen LogP contribution in [0.3, 0.4) is 0 Å². The fourth-order valence-electron chi connectivity index (χ4n) is 5.08. The Labute approximate surface area is 190 Å². The molecule has 0 amide bonds. The highest BCUT2D eigenvalue weighted by Gasteiger charge is 2.27. The van der Waals surface area contributed by atoms with Gasteiger partial charge < -0.3 is 14.9 Å². The van der Waals surface area contributed by atoms with Gasteiger partial charge in [0.1, 0.15) is 0 Å². The van der Waals surface area contributed by atoms with Crippen molar-refractivity contribution in [1.82, 2.24) is 9.13 Å². The molecule has 0 saturated carbocycles. The molecule has 0 atom stereocenters. The summed E-state index contributed by atoms with van der Waals surface area (Å²) in [6.07, 6.45) is 8.41. The van der Waals surface area contributed by atoms with Crippen LogP contribution in [0.25, 0.3) is 33.2 Å². The van der Waals surface area contributed by atoms with Gasteiger partial charge in [-0.05, 0) is 71.6 Å². The third kappa shape index (κ3) is 3.53. The van der Waals surface area contributed by atoms with Crippen molar-refractivity contribution in [3.8, 4) is 11.4 Å². The molecule has 0 saturated heterocycles. The Balaban J connectivity index is 1.76. The maximum atomic E-state index is 7.09. The standard InChI is InChI=1S/C29H31N3/c1-3-15-29(30,16-4-2)24-19-25(31-17-13-22-9-5-7-11-27(22)31)21-26(20-24)32-18-14-23-10-6-8-12-28(23)32/h5-14,17-21H,3-4,15-16,30H2,1-2H3. The smallest absolute Gasteiger partial charge is 0.0528 e. The Morgan fingerprint density at radius 3 is 1.59 bits per heavy atom. The average molecular weight is 422 g/mol. The van der Waals surface area contributed by atoms with Crippen molar-refractivity contribution >= 4 is 21.8 Å². The van der Waals surface area contributed by atoms with Crippen LogP contribution in [-0.4, -0.2) is 9.13 Å². The first-order valence-electron chi connectivity index (χ1n) is 11.7. The zero-order chi connectivity index (χ0) is 22.1. The van der Waals surface area contributed by atoms with Crippen molar-refractivity contribution in [1.29, 1.82) is 0 Å². The third-order valence-electron chi connectivity index (χ3n) is 6.62. The molecular formula is C29H31N3. The zero-order valence-electron chi connectivity index (χ0n) is 19.0. The summed E-state index contributed by atoms with van der Waals surface area (Å²) in [7, 11) is 0. The van der Waals surface area contributed by atoms with Crippen molar-refractivity contribution in [2.24, 2.45) is 5.73 Å². The number of rotatable bonds is 7. The largest absolute Gasteiger partial charge is 0.321 e. The lowest BCUT2D eigenvalue weighted by atomic mass is 9.82. The predicted molar refractivity (Wildman–Crippen MR) is 136 cm³/mol. The highest BCUT2D eigenvalue weighted by molar-refractivity contribution is 5.83. The Kier molecular flexibility index (Phi) is 5.36. The van der Waals surface area contributed by atoms with Gasteiger partial charge in [0.05, 0.1) is 11.0 Å². The first-order chi connectivity index (χ1) is 15.6. The number of nitrogens with two attached hydrogens (primary N) is 1. The summed E-state index contributed by atoms with van der Waals surface area (Å²) in [5.74, 6) is 0. The minimum absolute atomic E-state index is 0.333. The molecule has 0 fully saturated rings. The van der Waals surface area contributed by atoms with E-state index in [-0.39, 0.29) is 5.54 Å². The van der Waals surface area contributed by atoms with Gasteiger partial charge in [-0.2, -0.15) is 0 Å². The van der Waals surface area contributed by atoms with Crippen LogP contribution >= 0.6 is 0 Å². The van der Waals surface area contributed by atoms with E-state index in [0.29, 0.717) is 0 Å². The monoisotopic (exact) mass is 421 g/mol. The predicted octanol–water partition coefficient (Wildman–Crippen LogP) is 7.33. The maximum Gasteiger partial charge on any atom is 0.0528 e. The molecule has 0 aliphatic heterocycles. The van der Waals surface area contributed by atoms with Crippen LogP contribution in [0, 0.1) is 0 Å². The fourth-order valence-corrected chi connectivity index (χ4v) is 5.08. The molecule has 162 valence electrons. The van der Waals surface area contributed by atoms with Crippen molar-refractivity contribution in [3.63, 3.8) is 0 Å². The molecule has 2 aromatic heterocycles. The van der Waals surface area contributed by atoms with Gasteiger partial charge in [0, 0.05) is 29.3 Å². The average Bonchev–Trinajstić information content (AvgIpc) is 3.44. The summed E-state index contributed by atoms with van der Waals surface area (Å²) < 4.78 is 4.57. The third-order valence-corrected chi connectivity index (χ3v) is 6.62. The summed E-state index contributed by atoms with van der Waals surface area (Å²) in [6.45, 7) is 4.45. The van der Waals surface area contributed by atoms with E-state index in [4.69, 9.17) is 5.73 Å². The SMILES string of the molecule is CCCC(N)(CCC)c1cc(-n2ccc3ccccc32)cc(-n2ccc3ccccc32)c1. The molecule has 3 aromatic carbocycles. The van der Waals surface area contributed by atoms with Crippen molar-refractivity contribution in [2.75, 3.05) is 0 Å². The molecule has 32 heavy (non-hydrogen) atoms. The van der Waals surface area contributed by atoms with Crippen LogP contribution in [0.2, 0.25) is 0 Å². The summed E-state index contributed by atoms with van der Waals surface area (Å²) >= 11 is 0. The molecule has 3 heteroatoms. The van der Waals surface area contributed by atoms with Gasteiger partial charge in [0.25, 0.3) is 0 Å². The Morgan fingerprint density at radius 2 is 1.12 bits per heavy atom. The van der Waals surface area contributed by atoms with E-state index in [1.807, 2.05) is 0 Å². The minimum Gasteiger partial charge on any atom is -0.321 e. The van der Waals surface area contributed by atoms with E-state index in [1.54, 1.807) is 0 Å². The number of benzene rings is 3. The first kappa shape index (κ1) is 20.6. The number of hydrogen-bond donors (Lipinski definition) is 1. The second-order valence-corrected chi connectivity index (χ2v) is 8.88. The molecule has 3 nitrogen and oxygen atoms in total. The number of para-hydroxylation sites is 2. The van der Waals surface area contributed by atoms with E-state index in [2.05, 4.69) is 114 Å². The maximum absolute atomic E-state index is 7.09. The highest BCUT2D eigenvalue weighted by Crippen LogP contribution is 2.34. The lowest BCUT2D eigenvalue weighted by Gasteiger charge is -2.31. The number of aromatic nitrogens is 2. The number of nitrogens with zero attached hydrogens (tertiary/aromatic N) is 2. The van der Waals surface area contributed by atoms with E-state index < -0.39 is 0 Å². The van der Waals surface area contributed by atoms with Crippen LogP contribution in [0.1, 0.15) is 45.1 Å². The highest BCUT2D eigenvalue weighted by atomic mass is 15.0. The zero-order valence-corrected chi connectivity index (χ0v) is 19.0. The fraction of sp³-hybridized carbons (Fsp3) is 0.241. The van der Waals surface area contributed by atoms with Crippen molar-refractivity contribution < 1.29 is 0 Å². The van der Waals surface area contributed by atoms with Gasteiger partial charge in [0.2, 0.25) is 0 Å². The summed E-state index contributed by atoms with van der Waals surface area (Å²) in [4.78, 5) is 0. The topological polar surface area (TPSA) is 35.9 Å². The Hall–Kier alpha value is -3.30. The number of hydrogen-bond acceptors (Lipinski definition) is 1. The molecular weight excluding hydrogens is 390 g/mol. The molecule has 0 aliphatic rings. The normalized spacial score (nSPS) is 12.1. The quantitative estimate of drug-likeness (QED) is 0.293. The lowest BCUT2D eigenvalue weighted by Crippen LogP contribution is -2.36. The second-order valence-electron chi connectivity index (χ2n) is 8.88. The van der Waals surface area contributed by atoms with Gasteiger partial charge in [-0.25, -0.2) is 0 Å². The second kappa shape index (κ2) is 8.33. The van der Waals surface area contributed by atoms with Crippen molar-refractivity contribution in [3.05, 3.63) is 96.8 Å². The summed E-state index contributed by atoms with van der Waals surface area (Å²) in [5.41, 5.74) is 12.7. The molecule has 0 aliphatic carbocycles. The van der Waals surface area contributed by atoms with E-state index in [1.165, 1.54) is 27.4 Å². The Bertz CT molecular complexity index is 1270. The summed E-state index contributed by atoms with van der Waals surface area (Å²) in [5, 5.41) is 2.49. The van der Waals surface area contributed by atoms with E-state index in [9.17, 15) is 0 Å². The van der Waals surface area contributed by atoms with E-state index in [0.717, 1.165) is 37.1 Å². The van der Waals surface area contributed by atoms with Gasteiger partial charge >= 0.3 is 0 Å². The van der Waals surface area contributed by atoms with E-state index >= 15 is 0 Å². The molecule has 0 radical (unpaired) electrons. The molecule has 0 unspecified atom stereocenters. The molecule has 2 heterocycles. The number of fused-ring (bicyclic) bond motifs is 2. The van der Waals surface area contributed by atoms with Gasteiger partial charge in [-0.15, -0.1) is 0 Å². The molecule has 0 spiro atoms. The van der Waals surface area contributed by atoms with Gasteiger partial charge in [-0.1, -0.05) is 63.1 Å². The van der Waals surface area contributed by atoms with Crippen LogP contribution in [-0.2, 0) is 5.54 Å². The van der Waals surface area contributed by atoms with Crippen LogP contribution < -0.4 is 5.73 Å². The van der Waals surface area contributed by atoms with Crippen LogP contribution in [0.5, 0.6) is 0 Å². The summed E-state index contributed by atoms with van der Waals surface area (Å²) in [6, 6.07) is 28.3. The molecule has 5 rings (SSSR count). The van der Waals surface area contributed by atoms with Gasteiger partial charge in [-0.3, -0.25) is 0 Å². The van der Waals surface area contributed by atoms with Crippen LogP contribution in [0.15, 0.2) is 91.3 Å². The Morgan fingerprint density at radius 1 is 0.656 bits per heavy atom. The molecule has 5 aromatic rings. The van der Waals surface area contributed by atoms with Crippen molar-refractivity contribution in [2.45, 2.75) is 45.1 Å². The minimum atomic E-state index is -0.333.